The number of rotatable bonds is 11. The normalized spacial score (nSPS) is 11.9. The Kier molecular flexibility index (Phi) is 9.54. The predicted molar refractivity (Wildman–Crippen MR) is 144 cm³/mol. The molecule has 0 aromatic heterocycles. The summed E-state index contributed by atoms with van der Waals surface area (Å²) in [6.45, 7) is 1.31. The lowest BCUT2D eigenvalue weighted by Crippen LogP contribution is -2.51. The van der Waals surface area contributed by atoms with Crippen LogP contribution in [-0.4, -0.2) is 51.9 Å². The second-order valence-corrected chi connectivity index (χ2v) is 10.5. The summed E-state index contributed by atoms with van der Waals surface area (Å²) in [4.78, 5) is 28.0. The molecule has 0 spiro atoms. The Bertz CT molecular complexity index is 1330. The molecule has 0 aliphatic rings. The average Bonchev–Trinajstić information content (AvgIpc) is 2.92. The van der Waals surface area contributed by atoms with E-state index in [0.29, 0.717) is 12.2 Å². The van der Waals surface area contributed by atoms with Gasteiger partial charge >= 0.3 is 0 Å². The van der Waals surface area contributed by atoms with Crippen molar-refractivity contribution >= 4 is 39.1 Å². The van der Waals surface area contributed by atoms with Gasteiger partial charge in [0, 0.05) is 13.6 Å². The minimum absolute atomic E-state index is 0.0143. The van der Waals surface area contributed by atoms with E-state index in [1.54, 1.807) is 67.6 Å². The maximum absolute atomic E-state index is 13.9. The molecule has 1 N–H and O–H groups in total. The van der Waals surface area contributed by atoms with Crippen LogP contribution in [0.25, 0.3) is 0 Å². The Morgan fingerprint density at radius 1 is 1.00 bits per heavy atom. The lowest BCUT2D eigenvalue weighted by Gasteiger charge is -2.33. The molecular formula is C27H30ClN3O5S. The van der Waals surface area contributed by atoms with E-state index in [4.69, 9.17) is 16.3 Å². The van der Waals surface area contributed by atoms with Crippen molar-refractivity contribution in [3.8, 4) is 5.75 Å². The Balaban J connectivity index is 2.06. The second-order valence-electron chi connectivity index (χ2n) is 8.19. The number of hydrogen-bond acceptors (Lipinski definition) is 5. The van der Waals surface area contributed by atoms with Crippen molar-refractivity contribution in [3.63, 3.8) is 0 Å². The smallest absolute Gasteiger partial charge is 0.264 e. The molecule has 37 heavy (non-hydrogen) atoms. The standard InChI is InChI=1S/C27H30ClN3O5S/c1-4-24(27(33)29-2)30(18-20-11-10-12-21(17-20)36-3)26(32)19-31(25-16-9-8-15-23(25)28)37(34,35)22-13-6-5-7-14-22/h5-17,24H,4,18-19H2,1-3H3,(H,29,33). The van der Waals surface area contributed by atoms with Crippen molar-refractivity contribution in [1.82, 2.24) is 10.2 Å². The zero-order valence-corrected chi connectivity index (χ0v) is 22.5. The predicted octanol–water partition coefficient (Wildman–Crippen LogP) is 4.10. The van der Waals surface area contributed by atoms with Crippen LogP contribution in [0.2, 0.25) is 5.02 Å². The van der Waals surface area contributed by atoms with Crippen LogP contribution < -0.4 is 14.4 Å². The number of likely N-dealkylation sites (N-methyl/N-ethyl adjacent to an activating group) is 1. The van der Waals surface area contributed by atoms with Crippen molar-refractivity contribution < 1.29 is 22.7 Å². The number of ether oxygens (including phenoxy) is 1. The van der Waals surface area contributed by atoms with Gasteiger partial charge in [0.25, 0.3) is 10.0 Å². The fourth-order valence-electron chi connectivity index (χ4n) is 3.94. The van der Waals surface area contributed by atoms with Gasteiger partial charge in [0.15, 0.2) is 0 Å². The molecule has 0 aliphatic heterocycles. The SMILES string of the molecule is CCC(C(=O)NC)N(Cc1cccc(OC)c1)C(=O)CN(c1ccccc1Cl)S(=O)(=O)c1ccccc1. The number of sulfonamides is 1. The monoisotopic (exact) mass is 543 g/mol. The summed E-state index contributed by atoms with van der Waals surface area (Å²) in [6.07, 6.45) is 0.326. The molecule has 196 valence electrons. The van der Waals surface area contributed by atoms with Crippen molar-refractivity contribution in [2.24, 2.45) is 0 Å². The van der Waals surface area contributed by atoms with Gasteiger partial charge in [-0.3, -0.25) is 13.9 Å². The van der Waals surface area contributed by atoms with E-state index in [1.807, 2.05) is 6.07 Å². The molecule has 0 fully saturated rings. The van der Waals surface area contributed by atoms with Gasteiger partial charge in [0.2, 0.25) is 11.8 Å². The van der Waals surface area contributed by atoms with E-state index < -0.39 is 28.5 Å². The third-order valence-electron chi connectivity index (χ3n) is 5.85. The average molecular weight is 544 g/mol. The molecule has 0 bridgehead atoms. The molecule has 0 radical (unpaired) electrons. The zero-order chi connectivity index (χ0) is 27.0. The second kappa shape index (κ2) is 12.6. The first kappa shape index (κ1) is 28.0. The molecule has 0 heterocycles. The third kappa shape index (κ3) is 6.61. The summed E-state index contributed by atoms with van der Waals surface area (Å²) in [5.74, 6) is -0.311. The van der Waals surface area contributed by atoms with Crippen LogP contribution in [0.4, 0.5) is 5.69 Å². The minimum atomic E-state index is -4.17. The first-order valence-corrected chi connectivity index (χ1v) is 13.5. The number of amides is 2. The molecule has 0 saturated carbocycles. The number of halogens is 1. The van der Waals surface area contributed by atoms with Gasteiger partial charge in [-0.25, -0.2) is 8.42 Å². The van der Waals surface area contributed by atoms with Crippen molar-refractivity contribution in [3.05, 3.63) is 89.4 Å². The topological polar surface area (TPSA) is 96.0 Å². The summed E-state index contributed by atoms with van der Waals surface area (Å²) in [7, 11) is -1.13. The van der Waals surface area contributed by atoms with Gasteiger partial charge < -0.3 is 15.0 Å². The number of anilines is 1. The van der Waals surface area contributed by atoms with Crippen molar-refractivity contribution in [2.45, 2.75) is 30.8 Å². The molecule has 3 aromatic rings. The highest BCUT2D eigenvalue weighted by Crippen LogP contribution is 2.31. The van der Waals surface area contributed by atoms with Crippen LogP contribution in [0.5, 0.6) is 5.75 Å². The summed E-state index contributed by atoms with van der Waals surface area (Å²) in [6, 6.07) is 20.6. The summed E-state index contributed by atoms with van der Waals surface area (Å²) in [5.41, 5.74) is 0.890. The summed E-state index contributed by atoms with van der Waals surface area (Å²) in [5, 5.41) is 2.77. The molecule has 2 amide bonds. The molecule has 0 saturated heterocycles. The Morgan fingerprint density at radius 3 is 2.30 bits per heavy atom. The number of carbonyl (C=O) groups excluding carboxylic acids is 2. The fraction of sp³-hybridized carbons (Fsp3) is 0.259. The number of methoxy groups -OCH3 is 1. The quantitative estimate of drug-likeness (QED) is 0.393. The largest absolute Gasteiger partial charge is 0.497 e. The molecule has 1 unspecified atom stereocenters. The molecule has 1 atom stereocenters. The molecule has 3 rings (SSSR count). The number of benzene rings is 3. The Morgan fingerprint density at radius 2 is 1.68 bits per heavy atom. The van der Waals surface area contributed by atoms with Gasteiger partial charge in [-0.2, -0.15) is 0 Å². The van der Waals surface area contributed by atoms with E-state index >= 15 is 0 Å². The van der Waals surface area contributed by atoms with Crippen LogP contribution in [0.1, 0.15) is 18.9 Å². The lowest BCUT2D eigenvalue weighted by molar-refractivity contribution is -0.140. The van der Waals surface area contributed by atoms with Gasteiger partial charge in [0.1, 0.15) is 18.3 Å². The Labute approximate surface area is 222 Å². The van der Waals surface area contributed by atoms with Crippen molar-refractivity contribution in [1.29, 1.82) is 0 Å². The van der Waals surface area contributed by atoms with Gasteiger partial charge in [0.05, 0.1) is 22.7 Å². The summed E-state index contributed by atoms with van der Waals surface area (Å²) < 4.78 is 33.7. The maximum Gasteiger partial charge on any atom is 0.264 e. The first-order chi connectivity index (χ1) is 17.7. The molecule has 8 nitrogen and oxygen atoms in total. The number of para-hydroxylation sites is 1. The van der Waals surface area contributed by atoms with Crippen LogP contribution in [0, 0.1) is 0 Å². The van der Waals surface area contributed by atoms with Crippen LogP contribution in [0.15, 0.2) is 83.8 Å². The number of hydrogen-bond donors (Lipinski definition) is 1. The highest BCUT2D eigenvalue weighted by Gasteiger charge is 2.34. The Hall–Kier alpha value is -3.56. The molecule has 3 aromatic carbocycles. The van der Waals surface area contributed by atoms with E-state index in [1.165, 1.54) is 31.2 Å². The van der Waals surface area contributed by atoms with E-state index in [2.05, 4.69) is 5.32 Å². The van der Waals surface area contributed by atoms with Crippen LogP contribution in [-0.2, 0) is 26.2 Å². The van der Waals surface area contributed by atoms with E-state index in [0.717, 1.165) is 9.87 Å². The zero-order valence-electron chi connectivity index (χ0n) is 20.9. The molecule has 0 aliphatic carbocycles. The van der Waals surface area contributed by atoms with Gasteiger partial charge in [-0.1, -0.05) is 61.0 Å². The minimum Gasteiger partial charge on any atom is -0.497 e. The number of carbonyl (C=O) groups is 2. The molecular weight excluding hydrogens is 514 g/mol. The fourth-order valence-corrected chi connectivity index (χ4v) is 5.68. The third-order valence-corrected chi connectivity index (χ3v) is 7.94. The summed E-state index contributed by atoms with van der Waals surface area (Å²) >= 11 is 6.39. The number of nitrogens with one attached hydrogen (secondary N) is 1. The van der Waals surface area contributed by atoms with Gasteiger partial charge in [-0.05, 0) is 48.4 Å². The van der Waals surface area contributed by atoms with Crippen LogP contribution in [0.3, 0.4) is 0 Å². The first-order valence-electron chi connectivity index (χ1n) is 11.7. The van der Waals surface area contributed by atoms with Crippen molar-refractivity contribution in [2.75, 3.05) is 25.0 Å². The van der Waals surface area contributed by atoms with Gasteiger partial charge in [-0.15, -0.1) is 0 Å². The lowest BCUT2D eigenvalue weighted by atomic mass is 10.1. The van der Waals surface area contributed by atoms with Crippen LogP contribution >= 0.6 is 11.6 Å². The molecule has 10 heteroatoms. The highest BCUT2D eigenvalue weighted by molar-refractivity contribution is 7.92. The highest BCUT2D eigenvalue weighted by atomic mass is 35.5. The number of nitrogens with zero attached hydrogens (tertiary/aromatic N) is 2. The maximum atomic E-state index is 13.9. The van der Waals surface area contributed by atoms with E-state index in [-0.39, 0.29) is 28.1 Å². The van der Waals surface area contributed by atoms with E-state index in [9.17, 15) is 18.0 Å².